The van der Waals surface area contributed by atoms with E-state index in [1.54, 1.807) is 0 Å². The van der Waals surface area contributed by atoms with Crippen LogP contribution in [0.1, 0.15) is 5.56 Å². The minimum atomic E-state index is -1.27. The van der Waals surface area contributed by atoms with E-state index in [1.807, 2.05) is 6.07 Å². The van der Waals surface area contributed by atoms with Crippen LogP contribution in [0, 0.1) is 6.92 Å². The van der Waals surface area contributed by atoms with Gasteiger partial charge in [-0.25, -0.2) is 4.98 Å². The highest BCUT2D eigenvalue weighted by Gasteiger charge is 2.17. The Morgan fingerprint density at radius 3 is 2.24 bits per heavy atom. The molecule has 0 unspecified atom stereocenters. The molecule has 0 radical (unpaired) electrons. The fourth-order valence-electron chi connectivity index (χ4n) is 2.64. The highest BCUT2D eigenvalue weighted by Crippen LogP contribution is 2.24. The Morgan fingerprint density at radius 2 is 1.57 bits per heavy atom. The molecule has 3 rings (SSSR count). The fourth-order valence-corrected chi connectivity index (χ4v) is 3.81. The van der Waals surface area contributed by atoms with Gasteiger partial charge in [0.1, 0.15) is 0 Å². The van der Waals surface area contributed by atoms with Crippen molar-refractivity contribution >= 4 is 24.2 Å². The zero-order valence-corrected chi connectivity index (χ0v) is 14.1. The van der Waals surface area contributed by atoms with Crippen LogP contribution >= 0.6 is 0 Å². The third kappa shape index (κ3) is 2.77. The molecular formula is C19H21NSi. The molecule has 1 aromatic heterocycles. The van der Waals surface area contributed by atoms with Crippen LogP contribution in [0.25, 0.3) is 22.2 Å². The maximum absolute atomic E-state index is 4.88. The monoisotopic (exact) mass is 291 g/mol. The first-order valence-corrected chi connectivity index (χ1v) is 10.9. The number of nitrogens with zero attached hydrogens (tertiary/aromatic N) is 1. The number of benzene rings is 2. The van der Waals surface area contributed by atoms with Crippen LogP contribution in [0.2, 0.25) is 19.6 Å². The van der Waals surface area contributed by atoms with Crippen molar-refractivity contribution in [1.29, 1.82) is 0 Å². The summed E-state index contributed by atoms with van der Waals surface area (Å²) in [5.41, 5.74) is 4.60. The molecule has 2 heteroatoms. The highest BCUT2D eigenvalue weighted by atomic mass is 28.3. The lowest BCUT2D eigenvalue weighted by molar-refractivity contribution is 1.33. The predicted octanol–water partition coefficient (Wildman–Crippen LogP) is 4.76. The van der Waals surface area contributed by atoms with Crippen molar-refractivity contribution < 1.29 is 0 Å². The van der Waals surface area contributed by atoms with Crippen LogP contribution in [0.5, 0.6) is 0 Å². The molecule has 0 amide bonds. The van der Waals surface area contributed by atoms with Gasteiger partial charge in [-0.15, -0.1) is 0 Å². The summed E-state index contributed by atoms with van der Waals surface area (Å²) in [6.07, 6.45) is 0. The lowest BCUT2D eigenvalue weighted by atomic mass is 10.0. The fraction of sp³-hybridized carbons (Fsp3) is 0.211. The minimum Gasteiger partial charge on any atom is -0.248 e. The van der Waals surface area contributed by atoms with Crippen LogP contribution in [0.4, 0.5) is 0 Å². The molecule has 0 saturated carbocycles. The van der Waals surface area contributed by atoms with Gasteiger partial charge in [-0.2, -0.15) is 0 Å². The smallest absolute Gasteiger partial charge is 0.0776 e. The summed E-state index contributed by atoms with van der Waals surface area (Å²) in [4.78, 5) is 4.88. The first kappa shape index (κ1) is 14.0. The summed E-state index contributed by atoms with van der Waals surface area (Å²) in [6.45, 7) is 9.29. The van der Waals surface area contributed by atoms with Crippen LogP contribution in [0.15, 0.2) is 54.6 Å². The van der Waals surface area contributed by atoms with Gasteiger partial charge in [0.25, 0.3) is 0 Å². The number of fused-ring (bicyclic) bond motifs is 1. The van der Waals surface area contributed by atoms with Crippen molar-refractivity contribution in [3.05, 3.63) is 60.2 Å². The van der Waals surface area contributed by atoms with Gasteiger partial charge in [0.15, 0.2) is 0 Å². The second-order valence-electron chi connectivity index (χ2n) is 6.68. The summed E-state index contributed by atoms with van der Waals surface area (Å²) in [7, 11) is -1.27. The Hall–Kier alpha value is -1.93. The summed E-state index contributed by atoms with van der Waals surface area (Å²) in [5.74, 6) is 0. The molecule has 0 spiro atoms. The third-order valence-electron chi connectivity index (χ3n) is 3.92. The molecule has 0 aliphatic rings. The van der Waals surface area contributed by atoms with E-state index in [0.29, 0.717) is 0 Å². The highest BCUT2D eigenvalue weighted by molar-refractivity contribution is 6.88. The van der Waals surface area contributed by atoms with Crippen molar-refractivity contribution in [2.24, 2.45) is 0 Å². The van der Waals surface area contributed by atoms with Crippen molar-refractivity contribution in [3.8, 4) is 11.3 Å². The van der Waals surface area contributed by atoms with Gasteiger partial charge in [-0.3, -0.25) is 0 Å². The molecule has 0 aliphatic carbocycles. The largest absolute Gasteiger partial charge is 0.248 e. The van der Waals surface area contributed by atoms with E-state index >= 15 is 0 Å². The van der Waals surface area contributed by atoms with E-state index in [-0.39, 0.29) is 0 Å². The Labute approximate surface area is 127 Å². The zero-order valence-electron chi connectivity index (χ0n) is 13.1. The number of hydrogen-bond donors (Lipinski definition) is 0. The first-order chi connectivity index (χ1) is 9.95. The predicted molar refractivity (Wildman–Crippen MR) is 94.9 cm³/mol. The number of rotatable bonds is 2. The molecule has 0 aliphatic heterocycles. The van der Waals surface area contributed by atoms with Crippen molar-refractivity contribution in [3.63, 3.8) is 0 Å². The van der Waals surface area contributed by atoms with Gasteiger partial charge < -0.3 is 0 Å². The maximum atomic E-state index is 4.88. The van der Waals surface area contributed by atoms with Crippen LogP contribution in [-0.2, 0) is 0 Å². The topological polar surface area (TPSA) is 12.9 Å². The lowest BCUT2D eigenvalue weighted by Gasteiger charge is -2.17. The number of aryl methyl sites for hydroxylation is 1. The van der Waals surface area contributed by atoms with E-state index in [0.717, 1.165) is 11.2 Å². The molecule has 1 heterocycles. The Bertz CT molecular complexity index is 786. The van der Waals surface area contributed by atoms with E-state index in [1.165, 1.54) is 21.7 Å². The summed E-state index contributed by atoms with van der Waals surface area (Å²) < 4.78 is 0. The average molecular weight is 291 g/mol. The molecule has 21 heavy (non-hydrogen) atoms. The zero-order chi connectivity index (χ0) is 15.0. The molecule has 2 aromatic carbocycles. The molecule has 0 bridgehead atoms. The second kappa shape index (κ2) is 5.12. The summed E-state index contributed by atoms with van der Waals surface area (Å²) in [5, 5.41) is 2.75. The number of pyridine rings is 1. The molecule has 0 N–H and O–H groups in total. The standard InChI is InChI=1S/C19H21NSi/c1-14-12-16-13-17(21(2,3)4)10-11-18(16)20-19(14)15-8-6-5-7-9-15/h5-13H,1-4H3. The van der Waals surface area contributed by atoms with Crippen molar-refractivity contribution in [2.45, 2.75) is 26.6 Å². The van der Waals surface area contributed by atoms with Gasteiger partial charge in [-0.05, 0) is 24.6 Å². The third-order valence-corrected chi connectivity index (χ3v) is 5.96. The van der Waals surface area contributed by atoms with Crippen molar-refractivity contribution in [2.75, 3.05) is 0 Å². The minimum absolute atomic E-state index is 1.08. The van der Waals surface area contributed by atoms with Crippen LogP contribution < -0.4 is 5.19 Å². The molecule has 0 fully saturated rings. The molecular weight excluding hydrogens is 270 g/mol. The average Bonchev–Trinajstić information content (AvgIpc) is 2.46. The quantitative estimate of drug-likeness (QED) is 0.621. The summed E-state index contributed by atoms with van der Waals surface area (Å²) >= 11 is 0. The Balaban J connectivity index is 2.18. The van der Waals surface area contributed by atoms with Gasteiger partial charge in [0, 0.05) is 10.9 Å². The lowest BCUT2D eigenvalue weighted by Crippen LogP contribution is -2.37. The number of aromatic nitrogens is 1. The normalized spacial score (nSPS) is 11.8. The van der Waals surface area contributed by atoms with Gasteiger partial charge in [0.2, 0.25) is 0 Å². The van der Waals surface area contributed by atoms with Gasteiger partial charge >= 0.3 is 0 Å². The van der Waals surface area contributed by atoms with Crippen molar-refractivity contribution in [1.82, 2.24) is 4.98 Å². The van der Waals surface area contributed by atoms with E-state index in [2.05, 4.69) is 75.1 Å². The van der Waals surface area contributed by atoms with E-state index in [9.17, 15) is 0 Å². The maximum Gasteiger partial charge on any atom is 0.0776 e. The van der Waals surface area contributed by atoms with Gasteiger partial charge in [-0.1, -0.05) is 67.3 Å². The molecule has 1 nitrogen and oxygen atoms in total. The Morgan fingerprint density at radius 1 is 0.857 bits per heavy atom. The Kier molecular flexibility index (Phi) is 3.42. The number of hydrogen-bond acceptors (Lipinski definition) is 1. The first-order valence-electron chi connectivity index (χ1n) is 7.42. The van der Waals surface area contributed by atoms with Crippen LogP contribution in [0.3, 0.4) is 0 Å². The van der Waals surface area contributed by atoms with Crippen LogP contribution in [-0.4, -0.2) is 13.1 Å². The van der Waals surface area contributed by atoms with Gasteiger partial charge in [0.05, 0.1) is 19.3 Å². The molecule has 0 saturated heterocycles. The molecule has 0 atom stereocenters. The molecule has 106 valence electrons. The van der Waals surface area contributed by atoms with E-state index in [4.69, 9.17) is 4.98 Å². The SMILES string of the molecule is Cc1cc2cc([Si](C)(C)C)ccc2nc1-c1ccccc1. The second-order valence-corrected chi connectivity index (χ2v) is 11.8. The molecule has 3 aromatic rings. The van der Waals surface area contributed by atoms with E-state index < -0.39 is 8.07 Å². The summed E-state index contributed by atoms with van der Waals surface area (Å²) in [6, 6.07) is 19.4.